The molecule has 0 saturated carbocycles. The third-order valence-corrected chi connectivity index (χ3v) is 8.08. The quantitative estimate of drug-likeness (QED) is 0.125. The van der Waals surface area contributed by atoms with Crippen molar-refractivity contribution in [1.29, 1.82) is 0 Å². The summed E-state index contributed by atoms with van der Waals surface area (Å²) in [5.74, 6) is 5.39. The molecule has 11 nitrogen and oxygen atoms in total. The molecule has 0 aliphatic carbocycles. The number of amides is 3. The van der Waals surface area contributed by atoms with E-state index in [-0.39, 0.29) is 30.3 Å². The molecular weight excluding hydrogens is 691 g/mol. The van der Waals surface area contributed by atoms with Gasteiger partial charge in [-0.2, -0.15) is 13.2 Å². The highest BCUT2D eigenvalue weighted by Gasteiger charge is 2.31. The van der Waals surface area contributed by atoms with Gasteiger partial charge in [-0.25, -0.2) is 9.59 Å². The molecule has 286 valence electrons. The second kappa shape index (κ2) is 17.1. The molecule has 4 rings (SSSR count). The monoisotopic (exact) mass is 739 g/mol. The van der Waals surface area contributed by atoms with Gasteiger partial charge in [-0.1, -0.05) is 12.0 Å². The molecule has 0 atom stereocenters. The number of rotatable bonds is 10. The van der Waals surface area contributed by atoms with E-state index >= 15 is 0 Å². The minimum absolute atomic E-state index is 0.0258. The van der Waals surface area contributed by atoms with Crippen molar-refractivity contribution in [3.05, 3.63) is 59.8 Å². The summed E-state index contributed by atoms with van der Waals surface area (Å²) in [4.78, 5) is 51.8. The number of aldehydes is 1. The van der Waals surface area contributed by atoms with Crippen LogP contribution in [0.3, 0.4) is 0 Å². The highest BCUT2D eigenvalue weighted by Crippen LogP contribution is 2.31. The molecule has 1 fully saturated rings. The molecule has 1 aliphatic rings. The Labute approximate surface area is 308 Å². The zero-order chi connectivity index (χ0) is 39.0. The molecule has 0 bridgehead atoms. The number of hydrogen-bond acceptors (Lipinski definition) is 7. The number of fused-ring (bicyclic) bond motifs is 1. The second-order valence-electron chi connectivity index (χ2n) is 14.8. The normalized spacial score (nSPS) is 13.9. The van der Waals surface area contributed by atoms with Crippen LogP contribution in [0.2, 0.25) is 0 Å². The smallest absolute Gasteiger partial charge is 0.415 e. The first-order valence-corrected chi connectivity index (χ1v) is 17.6. The Morgan fingerprint density at radius 1 is 0.962 bits per heavy atom. The van der Waals surface area contributed by atoms with Crippen LogP contribution in [0.4, 0.5) is 34.1 Å². The van der Waals surface area contributed by atoms with Crippen LogP contribution in [0.15, 0.2) is 48.5 Å². The molecule has 1 aliphatic heterocycles. The summed E-state index contributed by atoms with van der Waals surface area (Å²) in [5, 5.41) is 6.75. The summed E-state index contributed by atoms with van der Waals surface area (Å²) in [6.07, 6.45) is -2.77. The lowest BCUT2D eigenvalue weighted by atomic mass is 10.0. The summed E-state index contributed by atoms with van der Waals surface area (Å²) >= 11 is 0. The van der Waals surface area contributed by atoms with Gasteiger partial charge in [0.05, 0.1) is 17.8 Å². The van der Waals surface area contributed by atoms with Crippen LogP contribution in [0, 0.1) is 11.8 Å². The molecule has 1 aromatic heterocycles. The Morgan fingerprint density at radius 3 is 2.23 bits per heavy atom. The maximum absolute atomic E-state index is 13.9. The maximum atomic E-state index is 13.9. The SMILES string of the molecule is CC(C)(C)OC(=O)N1CCC(Nc2cccc3c2cc(C#CCN(C(=O)OC(C)(C)C)c2ccc(C(=O)NCCCC=O)cc2)n3CC(F)(F)F)CC1. The van der Waals surface area contributed by atoms with Crippen LogP contribution in [0.25, 0.3) is 10.9 Å². The van der Waals surface area contributed by atoms with Gasteiger partial charge in [-0.3, -0.25) is 9.69 Å². The number of nitrogens with zero attached hydrogens (tertiary/aromatic N) is 3. The largest absolute Gasteiger partial charge is 0.444 e. The number of alkyl halides is 3. The lowest BCUT2D eigenvalue weighted by Gasteiger charge is -2.34. The average molecular weight is 740 g/mol. The number of hydrogen-bond donors (Lipinski definition) is 2. The van der Waals surface area contributed by atoms with Crippen molar-refractivity contribution >= 4 is 46.7 Å². The summed E-state index contributed by atoms with van der Waals surface area (Å²) in [5.41, 5.74) is 0.342. The van der Waals surface area contributed by atoms with Crippen molar-refractivity contribution in [3.63, 3.8) is 0 Å². The number of piperidine rings is 1. The first kappa shape index (κ1) is 40.6. The van der Waals surface area contributed by atoms with Gasteiger partial charge in [0, 0.05) is 54.4 Å². The van der Waals surface area contributed by atoms with Gasteiger partial charge in [0.2, 0.25) is 0 Å². The number of anilines is 2. The van der Waals surface area contributed by atoms with Crippen LogP contribution >= 0.6 is 0 Å². The number of carbonyl (C=O) groups excluding carboxylic acids is 4. The molecule has 3 aromatic rings. The summed E-state index contributed by atoms with van der Waals surface area (Å²) in [6.45, 7) is 10.3. The number of likely N-dealkylation sites (tertiary alicyclic amines) is 1. The molecule has 14 heteroatoms. The molecule has 0 radical (unpaired) electrons. The number of ether oxygens (including phenoxy) is 2. The number of nitrogens with one attached hydrogen (secondary N) is 2. The van der Waals surface area contributed by atoms with Crippen molar-refractivity contribution in [1.82, 2.24) is 14.8 Å². The fourth-order valence-electron chi connectivity index (χ4n) is 5.69. The Hall–Kier alpha value is -5.19. The first-order valence-electron chi connectivity index (χ1n) is 17.6. The second-order valence-corrected chi connectivity index (χ2v) is 14.8. The molecule has 53 heavy (non-hydrogen) atoms. The predicted molar refractivity (Wildman–Crippen MR) is 197 cm³/mol. The van der Waals surface area contributed by atoms with Gasteiger partial charge >= 0.3 is 18.4 Å². The number of aromatic nitrogens is 1. The minimum Gasteiger partial charge on any atom is -0.444 e. The molecule has 0 unspecified atom stereocenters. The Balaban J connectivity index is 1.58. The van der Waals surface area contributed by atoms with Gasteiger partial charge in [-0.05, 0) is 109 Å². The molecule has 2 heterocycles. The van der Waals surface area contributed by atoms with Crippen molar-refractivity contribution in [2.24, 2.45) is 0 Å². The van der Waals surface area contributed by atoms with Gasteiger partial charge in [0.15, 0.2) is 0 Å². The van der Waals surface area contributed by atoms with E-state index in [1.54, 1.807) is 62.1 Å². The predicted octanol–water partition coefficient (Wildman–Crippen LogP) is 7.52. The Kier molecular flexibility index (Phi) is 13.1. The number of benzene rings is 2. The molecule has 3 amide bonds. The van der Waals surface area contributed by atoms with E-state index in [0.29, 0.717) is 73.2 Å². The van der Waals surface area contributed by atoms with E-state index in [2.05, 4.69) is 22.5 Å². The standard InChI is InChI=1S/C39H48F3N5O6/c1-37(2,3)52-35(50)45-22-18-28(19-23-45)44-32-12-9-13-33-31(32)25-30(47(33)26-39(40,41)42)11-10-21-46(36(51)53-38(4,5)6)29-16-14-27(15-17-29)34(49)43-20-7-8-24-48/h9,12-17,24-25,28,44H,7-8,18-23,26H2,1-6H3,(H,43,49). The average Bonchev–Trinajstić information content (AvgIpc) is 3.40. The fraction of sp³-hybridized carbons (Fsp3) is 0.487. The lowest BCUT2D eigenvalue weighted by Crippen LogP contribution is -2.44. The maximum Gasteiger partial charge on any atom is 0.415 e. The Bertz CT molecular complexity index is 1820. The topological polar surface area (TPSA) is 122 Å². The highest BCUT2D eigenvalue weighted by atomic mass is 19.4. The number of unbranched alkanes of at least 4 members (excludes halogenated alkanes) is 1. The van der Waals surface area contributed by atoms with Crippen LogP contribution in [0.5, 0.6) is 0 Å². The fourth-order valence-corrected chi connectivity index (χ4v) is 5.69. The van der Waals surface area contributed by atoms with Gasteiger partial charge in [-0.15, -0.1) is 0 Å². The van der Waals surface area contributed by atoms with E-state index < -0.39 is 30.0 Å². The molecule has 1 saturated heterocycles. The van der Waals surface area contributed by atoms with Crippen LogP contribution < -0.4 is 15.5 Å². The van der Waals surface area contributed by atoms with Crippen LogP contribution in [-0.2, 0) is 20.8 Å². The molecule has 2 N–H and O–H groups in total. The first-order chi connectivity index (χ1) is 24.8. The summed E-state index contributed by atoms with van der Waals surface area (Å²) in [7, 11) is 0. The zero-order valence-electron chi connectivity index (χ0n) is 31.1. The summed E-state index contributed by atoms with van der Waals surface area (Å²) < 4.78 is 53.9. The number of carbonyl (C=O) groups is 4. The van der Waals surface area contributed by atoms with Crippen molar-refractivity contribution in [2.45, 2.75) is 97.2 Å². The minimum atomic E-state index is -4.54. The van der Waals surface area contributed by atoms with E-state index in [9.17, 15) is 32.3 Å². The third-order valence-electron chi connectivity index (χ3n) is 8.08. The third kappa shape index (κ3) is 12.2. The molecular formula is C39H48F3N5O6. The summed E-state index contributed by atoms with van der Waals surface area (Å²) in [6, 6.07) is 12.9. The van der Waals surface area contributed by atoms with E-state index in [1.807, 2.05) is 20.8 Å². The van der Waals surface area contributed by atoms with Crippen molar-refractivity contribution in [2.75, 3.05) is 36.4 Å². The van der Waals surface area contributed by atoms with Gasteiger partial charge < -0.3 is 34.4 Å². The van der Waals surface area contributed by atoms with Crippen molar-refractivity contribution < 1.29 is 41.8 Å². The number of halogens is 3. The molecule has 2 aromatic carbocycles. The van der Waals surface area contributed by atoms with Crippen molar-refractivity contribution in [3.8, 4) is 11.8 Å². The zero-order valence-corrected chi connectivity index (χ0v) is 31.1. The van der Waals surface area contributed by atoms with Gasteiger partial charge in [0.25, 0.3) is 5.91 Å². The van der Waals surface area contributed by atoms with E-state index in [0.717, 1.165) is 10.9 Å². The van der Waals surface area contributed by atoms with E-state index in [4.69, 9.17) is 9.47 Å². The van der Waals surface area contributed by atoms with Gasteiger partial charge in [0.1, 0.15) is 24.0 Å². The Morgan fingerprint density at radius 2 is 1.62 bits per heavy atom. The van der Waals surface area contributed by atoms with Crippen LogP contribution in [-0.4, -0.2) is 83.4 Å². The van der Waals surface area contributed by atoms with E-state index in [1.165, 1.54) is 17.0 Å². The highest BCUT2D eigenvalue weighted by molar-refractivity contribution is 5.96. The van der Waals surface area contributed by atoms with Crippen LogP contribution in [0.1, 0.15) is 83.3 Å². The molecule has 0 spiro atoms. The lowest BCUT2D eigenvalue weighted by molar-refractivity contribution is -0.140.